The van der Waals surface area contributed by atoms with Crippen molar-refractivity contribution in [3.63, 3.8) is 0 Å². The van der Waals surface area contributed by atoms with E-state index in [1.54, 1.807) is 12.3 Å². The van der Waals surface area contributed by atoms with Crippen LogP contribution in [0, 0.1) is 13.8 Å². The lowest BCUT2D eigenvalue weighted by atomic mass is 10.1. The van der Waals surface area contributed by atoms with Gasteiger partial charge in [0.15, 0.2) is 0 Å². The molecule has 2 aromatic heterocycles. The number of rotatable bonds is 4. The first-order valence-corrected chi connectivity index (χ1v) is 10.4. The molecule has 0 unspecified atom stereocenters. The van der Waals surface area contributed by atoms with E-state index in [0.29, 0.717) is 18.1 Å². The molecule has 1 aliphatic rings. The molecule has 1 aliphatic heterocycles. The summed E-state index contributed by atoms with van der Waals surface area (Å²) in [4.78, 5) is 21.1. The van der Waals surface area contributed by atoms with Crippen molar-refractivity contribution in [1.82, 2.24) is 19.7 Å². The van der Waals surface area contributed by atoms with Crippen LogP contribution in [0.3, 0.4) is 0 Å². The fourth-order valence-electron chi connectivity index (χ4n) is 3.69. The Hall–Kier alpha value is -3.12. The van der Waals surface area contributed by atoms with Gasteiger partial charge in [0.2, 0.25) is 5.91 Å². The van der Waals surface area contributed by atoms with Crippen LogP contribution in [0.5, 0.6) is 0 Å². The maximum absolute atomic E-state index is 12.7. The molecule has 0 saturated carbocycles. The minimum absolute atomic E-state index is 0.0185. The molecule has 1 aromatic carbocycles. The number of benzene rings is 1. The number of amides is 1. The number of hydrogen-bond acceptors (Lipinski definition) is 4. The Morgan fingerprint density at radius 1 is 1.03 bits per heavy atom. The minimum atomic E-state index is 0.0185. The average Bonchev–Trinajstić information content (AvgIpc) is 3.06. The van der Waals surface area contributed by atoms with E-state index in [2.05, 4.69) is 15.0 Å². The van der Waals surface area contributed by atoms with Crippen LogP contribution in [0.15, 0.2) is 54.7 Å². The first-order valence-electron chi connectivity index (χ1n) is 9.98. The highest BCUT2D eigenvalue weighted by Crippen LogP contribution is 2.20. The number of pyridine rings is 1. The fraction of sp³-hybridized carbons (Fsp3) is 0.261. The summed E-state index contributed by atoms with van der Waals surface area (Å²) in [6, 6.07) is 13.8. The molecule has 0 bridgehead atoms. The molecular formula is C23H24ClN5O. The van der Waals surface area contributed by atoms with Crippen LogP contribution in [-0.2, 0) is 4.79 Å². The van der Waals surface area contributed by atoms with Crippen molar-refractivity contribution >= 4 is 29.4 Å². The zero-order valence-corrected chi connectivity index (χ0v) is 17.9. The number of anilines is 1. The molecule has 3 heterocycles. The van der Waals surface area contributed by atoms with Crippen molar-refractivity contribution in [2.45, 2.75) is 13.8 Å². The number of piperazine rings is 1. The van der Waals surface area contributed by atoms with Gasteiger partial charge in [0.1, 0.15) is 5.82 Å². The zero-order chi connectivity index (χ0) is 21.1. The number of aromatic nitrogens is 3. The highest BCUT2D eigenvalue weighted by Gasteiger charge is 2.21. The molecule has 4 rings (SSSR count). The van der Waals surface area contributed by atoms with Crippen LogP contribution in [0.4, 0.5) is 5.82 Å². The first-order chi connectivity index (χ1) is 14.5. The standard InChI is InChI=1S/C23H24ClN5O/c1-17-21(18(2)29(26-17)20-6-4-3-5-7-20)9-11-23(30)28-14-12-27(13-15-28)22-10-8-19(24)16-25-22/h3-11,16H,12-15H2,1-2H3/b11-9+. The first kappa shape index (κ1) is 20.2. The summed E-state index contributed by atoms with van der Waals surface area (Å²) in [5.41, 5.74) is 3.91. The van der Waals surface area contributed by atoms with Crippen molar-refractivity contribution < 1.29 is 4.79 Å². The SMILES string of the molecule is Cc1nn(-c2ccccc2)c(C)c1/C=C/C(=O)N1CCN(c2ccc(Cl)cn2)CC1. The van der Waals surface area contributed by atoms with Gasteiger partial charge in [-0.2, -0.15) is 5.10 Å². The summed E-state index contributed by atoms with van der Waals surface area (Å²) < 4.78 is 1.91. The van der Waals surface area contributed by atoms with Gasteiger partial charge in [0, 0.05) is 49.7 Å². The number of carbonyl (C=O) groups excluding carboxylic acids is 1. The second kappa shape index (κ2) is 8.71. The molecule has 0 atom stereocenters. The van der Waals surface area contributed by atoms with E-state index in [1.807, 2.05) is 72.0 Å². The normalized spacial score (nSPS) is 14.5. The summed E-state index contributed by atoms with van der Waals surface area (Å²) >= 11 is 5.91. The van der Waals surface area contributed by atoms with Crippen LogP contribution in [0.25, 0.3) is 11.8 Å². The van der Waals surface area contributed by atoms with Gasteiger partial charge in [-0.25, -0.2) is 9.67 Å². The third-order valence-corrected chi connectivity index (χ3v) is 5.59. The highest BCUT2D eigenvalue weighted by atomic mass is 35.5. The third kappa shape index (κ3) is 4.24. The van der Waals surface area contributed by atoms with Crippen LogP contribution < -0.4 is 4.90 Å². The quantitative estimate of drug-likeness (QED) is 0.599. The van der Waals surface area contributed by atoms with E-state index in [9.17, 15) is 4.79 Å². The van der Waals surface area contributed by atoms with Gasteiger partial charge in [-0.15, -0.1) is 0 Å². The molecular weight excluding hydrogens is 398 g/mol. The summed E-state index contributed by atoms with van der Waals surface area (Å²) in [7, 11) is 0. The van der Waals surface area contributed by atoms with Gasteiger partial charge >= 0.3 is 0 Å². The van der Waals surface area contributed by atoms with Gasteiger partial charge < -0.3 is 9.80 Å². The molecule has 0 spiro atoms. The topological polar surface area (TPSA) is 54.3 Å². The molecule has 0 N–H and O–H groups in total. The second-order valence-electron chi connectivity index (χ2n) is 7.31. The average molecular weight is 422 g/mol. The van der Waals surface area contributed by atoms with Crippen LogP contribution in [0.1, 0.15) is 17.0 Å². The smallest absolute Gasteiger partial charge is 0.246 e. The summed E-state index contributed by atoms with van der Waals surface area (Å²) in [6.45, 7) is 6.81. The largest absolute Gasteiger partial charge is 0.353 e. The number of carbonyl (C=O) groups is 1. The lowest BCUT2D eigenvalue weighted by Crippen LogP contribution is -2.48. The Morgan fingerprint density at radius 3 is 2.43 bits per heavy atom. The molecule has 0 aliphatic carbocycles. The Labute approximate surface area is 181 Å². The maximum Gasteiger partial charge on any atom is 0.246 e. The van der Waals surface area contributed by atoms with Gasteiger partial charge in [-0.3, -0.25) is 4.79 Å². The van der Waals surface area contributed by atoms with E-state index in [0.717, 1.165) is 41.5 Å². The molecule has 3 aromatic rings. The lowest BCUT2D eigenvalue weighted by molar-refractivity contribution is -0.126. The van der Waals surface area contributed by atoms with Gasteiger partial charge in [-0.05, 0) is 44.2 Å². The summed E-state index contributed by atoms with van der Waals surface area (Å²) in [6.07, 6.45) is 5.19. The van der Waals surface area contributed by atoms with E-state index >= 15 is 0 Å². The van der Waals surface area contributed by atoms with Gasteiger partial charge in [0.05, 0.1) is 16.4 Å². The molecule has 1 amide bonds. The van der Waals surface area contributed by atoms with Gasteiger partial charge in [0.25, 0.3) is 0 Å². The van der Waals surface area contributed by atoms with Crippen molar-refractivity contribution in [3.8, 4) is 5.69 Å². The Balaban J connectivity index is 1.41. The Kier molecular flexibility index (Phi) is 5.86. The fourth-order valence-corrected chi connectivity index (χ4v) is 3.80. The Bertz CT molecular complexity index is 1050. The van der Waals surface area contributed by atoms with Crippen LogP contribution in [-0.4, -0.2) is 51.8 Å². The number of para-hydroxylation sites is 1. The second-order valence-corrected chi connectivity index (χ2v) is 7.75. The van der Waals surface area contributed by atoms with Crippen molar-refractivity contribution in [1.29, 1.82) is 0 Å². The van der Waals surface area contributed by atoms with E-state index in [4.69, 9.17) is 11.6 Å². The van der Waals surface area contributed by atoms with Crippen LogP contribution in [0.2, 0.25) is 5.02 Å². The van der Waals surface area contributed by atoms with Crippen molar-refractivity contribution in [2.24, 2.45) is 0 Å². The monoisotopic (exact) mass is 421 g/mol. The molecule has 154 valence electrons. The summed E-state index contributed by atoms with van der Waals surface area (Å²) in [5.74, 6) is 0.909. The lowest BCUT2D eigenvalue weighted by Gasteiger charge is -2.34. The van der Waals surface area contributed by atoms with E-state index < -0.39 is 0 Å². The predicted molar refractivity (Wildman–Crippen MR) is 120 cm³/mol. The third-order valence-electron chi connectivity index (χ3n) is 5.37. The molecule has 0 radical (unpaired) electrons. The van der Waals surface area contributed by atoms with Crippen molar-refractivity contribution in [3.05, 3.63) is 76.7 Å². The number of nitrogens with zero attached hydrogens (tertiary/aromatic N) is 5. The molecule has 1 fully saturated rings. The molecule has 1 saturated heterocycles. The predicted octanol–water partition coefficient (Wildman–Crippen LogP) is 3.90. The van der Waals surface area contributed by atoms with E-state index in [-0.39, 0.29) is 5.91 Å². The van der Waals surface area contributed by atoms with E-state index in [1.165, 1.54) is 0 Å². The van der Waals surface area contributed by atoms with Crippen molar-refractivity contribution in [2.75, 3.05) is 31.1 Å². The number of aryl methyl sites for hydroxylation is 1. The molecule has 7 heteroatoms. The number of halogens is 1. The minimum Gasteiger partial charge on any atom is -0.353 e. The highest BCUT2D eigenvalue weighted by molar-refractivity contribution is 6.30. The molecule has 30 heavy (non-hydrogen) atoms. The van der Waals surface area contributed by atoms with Crippen LogP contribution >= 0.6 is 11.6 Å². The van der Waals surface area contributed by atoms with Gasteiger partial charge in [-0.1, -0.05) is 29.8 Å². The summed E-state index contributed by atoms with van der Waals surface area (Å²) in [5, 5.41) is 5.26. The zero-order valence-electron chi connectivity index (χ0n) is 17.1. The maximum atomic E-state index is 12.7. The molecule has 6 nitrogen and oxygen atoms in total. The Morgan fingerprint density at radius 2 is 1.77 bits per heavy atom. The number of hydrogen-bond donors (Lipinski definition) is 0.